The molecule has 2 radical (unpaired) electrons. The summed E-state index contributed by atoms with van der Waals surface area (Å²) in [5.74, 6) is 1.03. The number of Topliss-reactive ketones (excluding diaryl/α,β-unsaturated/α-hetero) is 1. The van der Waals surface area contributed by atoms with Crippen molar-refractivity contribution < 1.29 is 4.79 Å². The van der Waals surface area contributed by atoms with Gasteiger partial charge in [-0.05, 0) is 24.3 Å². The normalized spacial score (nSPS) is 12.7. The van der Waals surface area contributed by atoms with E-state index in [4.69, 9.17) is 7.85 Å². The molecule has 0 aliphatic heterocycles. The highest BCUT2D eigenvalue weighted by Gasteiger charge is 2.09. The van der Waals surface area contributed by atoms with Crippen LogP contribution in [0.5, 0.6) is 0 Å². The van der Waals surface area contributed by atoms with E-state index in [2.05, 4.69) is 19.1 Å². The van der Waals surface area contributed by atoms with Crippen LogP contribution >= 0.6 is 0 Å². The molecule has 1 rings (SSSR count). The van der Waals surface area contributed by atoms with Gasteiger partial charge in [0.15, 0.2) is 0 Å². The zero-order valence-corrected chi connectivity index (χ0v) is 11.1. The summed E-state index contributed by atoms with van der Waals surface area (Å²) in [4.78, 5) is 11.5. The SMILES string of the molecule is [B]c1ccc(C(C)CCCC(=O)C(C)C)cc1. The first kappa shape index (κ1) is 14.0. The number of hydrogen-bond donors (Lipinski definition) is 0. The predicted octanol–water partition coefficient (Wildman–Crippen LogP) is 2.98. The van der Waals surface area contributed by atoms with Crippen molar-refractivity contribution in [3.05, 3.63) is 29.8 Å². The van der Waals surface area contributed by atoms with Crippen LogP contribution in [0.15, 0.2) is 24.3 Å². The third-order valence-corrected chi connectivity index (χ3v) is 3.21. The van der Waals surface area contributed by atoms with Crippen molar-refractivity contribution in [3.63, 3.8) is 0 Å². The fourth-order valence-electron chi connectivity index (χ4n) is 1.86. The molecule has 0 saturated carbocycles. The maximum absolute atomic E-state index is 11.5. The molecular weight excluding hydrogens is 207 g/mol. The Morgan fingerprint density at radius 1 is 1.18 bits per heavy atom. The Bertz CT molecular complexity index is 354. The molecule has 0 fully saturated rings. The van der Waals surface area contributed by atoms with Crippen molar-refractivity contribution in [2.75, 3.05) is 0 Å². The average Bonchev–Trinajstić information content (AvgIpc) is 2.29. The van der Waals surface area contributed by atoms with Crippen LogP contribution in [0.2, 0.25) is 0 Å². The van der Waals surface area contributed by atoms with Gasteiger partial charge in [0.1, 0.15) is 13.6 Å². The van der Waals surface area contributed by atoms with Crippen LogP contribution in [0.1, 0.15) is 51.5 Å². The monoisotopic (exact) mass is 228 g/mol. The molecule has 17 heavy (non-hydrogen) atoms. The molecule has 0 bridgehead atoms. The van der Waals surface area contributed by atoms with E-state index in [0.29, 0.717) is 18.1 Å². The summed E-state index contributed by atoms with van der Waals surface area (Å²) < 4.78 is 0. The zero-order chi connectivity index (χ0) is 12.8. The summed E-state index contributed by atoms with van der Waals surface area (Å²) in [5, 5.41) is 0. The van der Waals surface area contributed by atoms with Gasteiger partial charge in [-0.25, -0.2) is 0 Å². The molecule has 0 amide bonds. The van der Waals surface area contributed by atoms with E-state index in [1.54, 1.807) is 0 Å². The van der Waals surface area contributed by atoms with E-state index in [1.807, 2.05) is 26.0 Å². The Hall–Kier alpha value is -1.05. The van der Waals surface area contributed by atoms with Crippen LogP contribution in [0, 0.1) is 5.92 Å². The predicted molar refractivity (Wildman–Crippen MR) is 73.9 cm³/mol. The van der Waals surface area contributed by atoms with Gasteiger partial charge >= 0.3 is 0 Å². The first-order chi connectivity index (χ1) is 8.00. The molecule has 2 heteroatoms. The highest BCUT2D eigenvalue weighted by molar-refractivity contribution is 6.32. The van der Waals surface area contributed by atoms with Crippen molar-refractivity contribution in [2.24, 2.45) is 5.92 Å². The van der Waals surface area contributed by atoms with E-state index in [0.717, 1.165) is 18.3 Å². The molecule has 0 aliphatic rings. The molecule has 0 aromatic heterocycles. The fourth-order valence-corrected chi connectivity index (χ4v) is 1.86. The quantitative estimate of drug-likeness (QED) is 0.684. The number of carbonyl (C=O) groups is 1. The lowest BCUT2D eigenvalue weighted by Gasteiger charge is -2.12. The van der Waals surface area contributed by atoms with Gasteiger partial charge in [-0.2, -0.15) is 0 Å². The Labute approximate surface area is 106 Å². The van der Waals surface area contributed by atoms with Crippen LogP contribution in [0.3, 0.4) is 0 Å². The molecule has 0 saturated heterocycles. The summed E-state index contributed by atoms with van der Waals surface area (Å²) >= 11 is 0. The Morgan fingerprint density at radius 3 is 2.29 bits per heavy atom. The molecule has 0 spiro atoms. The maximum atomic E-state index is 11.5. The highest BCUT2D eigenvalue weighted by atomic mass is 16.1. The number of benzene rings is 1. The molecule has 0 heterocycles. The van der Waals surface area contributed by atoms with E-state index in [-0.39, 0.29) is 5.92 Å². The van der Waals surface area contributed by atoms with Gasteiger partial charge in [0, 0.05) is 12.3 Å². The van der Waals surface area contributed by atoms with Crippen molar-refractivity contribution in [2.45, 2.75) is 46.0 Å². The first-order valence-electron chi connectivity index (χ1n) is 6.39. The molecule has 0 aliphatic carbocycles. The van der Waals surface area contributed by atoms with Gasteiger partial charge in [0.2, 0.25) is 0 Å². The van der Waals surface area contributed by atoms with Crippen molar-refractivity contribution in [3.8, 4) is 0 Å². The summed E-state index contributed by atoms with van der Waals surface area (Å²) in [6.45, 7) is 6.13. The molecule has 1 unspecified atom stereocenters. The Balaban J connectivity index is 2.37. The minimum atomic E-state index is 0.168. The largest absolute Gasteiger partial charge is 0.299 e. The lowest BCUT2D eigenvalue weighted by molar-refractivity contribution is -0.122. The second-order valence-electron chi connectivity index (χ2n) is 5.08. The lowest BCUT2D eigenvalue weighted by Crippen LogP contribution is -2.07. The van der Waals surface area contributed by atoms with Crippen LogP contribution in [-0.4, -0.2) is 13.6 Å². The molecular formula is C15H21BO. The number of rotatable bonds is 6. The molecule has 1 nitrogen and oxygen atoms in total. The topological polar surface area (TPSA) is 17.1 Å². The van der Waals surface area contributed by atoms with Crippen LogP contribution in [0.25, 0.3) is 0 Å². The smallest absolute Gasteiger partial charge is 0.135 e. The standard InChI is InChI=1S/C15H21BO/c1-11(2)15(17)6-4-5-12(3)13-7-9-14(16)10-8-13/h7-12H,4-6H2,1-3H3. The Kier molecular flexibility index (Phi) is 5.47. The molecule has 1 aromatic rings. The minimum absolute atomic E-state index is 0.168. The third kappa shape index (κ3) is 4.76. The van der Waals surface area contributed by atoms with Crippen molar-refractivity contribution >= 4 is 19.1 Å². The second kappa shape index (κ2) is 6.63. The number of carbonyl (C=O) groups excluding carboxylic acids is 1. The molecule has 1 atom stereocenters. The average molecular weight is 228 g/mol. The van der Waals surface area contributed by atoms with Gasteiger partial charge in [0.25, 0.3) is 0 Å². The van der Waals surface area contributed by atoms with Crippen molar-refractivity contribution in [1.29, 1.82) is 0 Å². The summed E-state index contributed by atoms with van der Waals surface area (Å²) in [5.41, 5.74) is 2.10. The molecule has 0 N–H and O–H groups in total. The number of ketones is 1. The molecule has 1 aromatic carbocycles. The summed E-state index contributed by atoms with van der Waals surface area (Å²) in [7, 11) is 5.66. The number of hydrogen-bond acceptors (Lipinski definition) is 1. The van der Waals surface area contributed by atoms with Gasteiger partial charge in [-0.3, -0.25) is 4.79 Å². The van der Waals surface area contributed by atoms with E-state index in [1.165, 1.54) is 5.56 Å². The van der Waals surface area contributed by atoms with Gasteiger partial charge in [-0.15, -0.1) is 0 Å². The van der Waals surface area contributed by atoms with Crippen LogP contribution in [-0.2, 0) is 4.79 Å². The zero-order valence-electron chi connectivity index (χ0n) is 11.1. The minimum Gasteiger partial charge on any atom is -0.299 e. The van der Waals surface area contributed by atoms with E-state index >= 15 is 0 Å². The van der Waals surface area contributed by atoms with Crippen LogP contribution in [0.4, 0.5) is 0 Å². The highest BCUT2D eigenvalue weighted by Crippen LogP contribution is 2.21. The lowest BCUT2D eigenvalue weighted by atomic mass is 9.89. The molecule has 90 valence electrons. The Morgan fingerprint density at radius 2 is 1.76 bits per heavy atom. The summed E-state index contributed by atoms with van der Waals surface area (Å²) in [6, 6.07) is 8.02. The van der Waals surface area contributed by atoms with E-state index in [9.17, 15) is 4.79 Å². The van der Waals surface area contributed by atoms with Gasteiger partial charge in [-0.1, -0.05) is 50.5 Å². The fraction of sp³-hybridized carbons (Fsp3) is 0.533. The second-order valence-corrected chi connectivity index (χ2v) is 5.08. The van der Waals surface area contributed by atoms with Crippen molar-refractivity contribution in [1.82, 2.24) is 0 Å². The first-order valence-corrected chi connectivity index (χ1v) is 6.39. The van der Waals surface area contributed by atoms with Crippen LogP contribution < -0.4 is 5.46 Å². The summed E-state index contributed by atoms with van der Waals surface area (Å²) in [6.07, 6.45) is 2.74. The van der Waals surface area contributed by atoms with Gasteiger partial charge in [0.05, 0.1) is 0 Å². The third-order valence-electron chi connectivity index (χ3n) is 3.21. The van der Waals surface area contributed by atoms with E-state index < -0.39 is 0 Å². The maximum Gasteiger partial charge on any atom is 0.135 e. The van der Waals surface area contributed by atoms with Gasteiger partial charge < -0.3 is 0 Å².